The molecule has 0 unspecified atom stereocenters. The van der Waals surface area contributed by atoms with Gasteiger partial charge in [0.05, 0.1) is 0 Å². The summed E-state index contributed by atoms with van der Waals surface area (Å²) in [5.74, 6) is -1.45. The van der Waals surface area contributed by atoms with Crippen LogP contribution in [0.2, 0.25) is 0 Å². The van der Waals surface area contributed by atoms with Gasteiger partial charge in [-0.15, -0.1) is 0 Å². The van der Waals surface area contributed by atoms with Gasteiger partial charge in [0.25, 0.3) is 0 Å². The molecular formula is C5H9NO3. The van der Waals surface area contributed by atoms with Crippen molar-refractivity contribution >= 4 is 11.8 Å². The third-order valence-electron chi connectivity index (χ3n) is 0.597. The van der Waals surface area contributed by atoms with E-state index in [9.17, 15) is 9.59 Å². The highest BCUT2D eigenvalue weighted by atomic mass is 16.7. The van der Waals surface area contributed by atoms with Crippen LogP contribution in [0.4, 0.5) is 0 Å². The minimum atomic E-state index is -0.850. The van der Waals surface area contributed by atoms with Crippen molar-refractivity contribution in [3.63, 3.8) is 0 Å². The van der Waals surface area contributed by atoms with Gasteiger partial charge in [0, 0.05) is 13.5 Å². The Kier molecular flexibility index (Phi) is 3.62. The Labute approximate surface area is 53.1 Å². The summed E-state index contributed by atoms with van der Waals surface area (Å²) >= 11 is 0. The van der Waals surface area contributed by atoms with Crippen molar-refractivity contribution in [2.75, 3.05) is 6.54 Å². The molecule has 0 rings (SSSR count). The molecule has 0 saturated heterocycles. The first-order valence-corrected chi connectivity index (χ1v) is 2.63. The topological polar surface area (TPSA) is 55.4 Å². The van der Waals surface area contributed by atoms with E-state index in [1.165, 1.54) is 0 Å². The zero-order valence-corrected chi connectivity index (χ0v) is 5.43. The number of hydrogen-bond acceptors (Lipinski definition) is 4. The highest BCUT2D eigenvalue weighted by Gasteiger charge is 2.06. The normalized spacial score (nSPS) is 8.67. The number of hydrogen-bond donors (Lipinski definition) is 1. The van der Waals surface area contributed by atoms with Crippen LogP contribution in [0, 0.1) is 0 Å². The second kappa shape index (κ2) is 4.03. The van der Waals surface area contributed by atoms with Crippen molar-refractivity contribution in [1.82, 2.24) is 5.48 Å². The monoisotopic (exact) mass is 131 g/mol. The predicted octanol–water partition coefficient (Wildman–Crippen LogP) is -0.357. The molecule has 0 aliphatic carbocycles. The van der Waals surface area contributed by atoms with E-state index in [0.29, 0.717) is 6.54 Å². The van der Waals surface area contributed by atoms with Crippen LogP contribution >= 0.6 is 0 Å². The summed E-state index contributed by atoms with van der Waals surface area (Å²) in [4.78, 5) is 24.6. The van der Waals surface area contributed by atoms with E-state index < -0.39 is 11.8 Å². The van der Waals surface area contributed by atoms with Crippen molar-refractivity contribution in [2.24, 2.45) is 0 Å². The molecule has 0 bridgehead atoms. The van der Waals surface area contributed by atoms with Crippen LogP contribution in [0.5, 0.6) is 0 Å². The number of carbonyl (C=O) groups excluding carboxylic acids is 2. The summed E-state index contributed by atoms with van der Waals surface area (Å²) in [7, 11) is 0. The number of ketones is 1. The number of nitrogens with one attached hydrogen (secondary N) is 1. The molecule has 52 valence electrons. The first kappa shape index (κ1) is 8.10. The van der Waals surface area contributed by atoms with Crippen LogP contribution in [0.25, 0.3) is 0 Å². The minimum Gasteiger partial charge on any atom is -0.365 e. The molecule has 1 N–H and O–H groups in total. The lowest BCUT2D eigenvalue weighted by Crippen LogP contribution is -2.23. The molecule has 0 atom stereocenters. The van der Waals surface area contributed by atoms with Crippen LogP contribution in [0.3, 0.4) is 0 Å². The smallest absolute Gasteiger partial charge is 0.365 e. The van der Waals surface area contributed by atoms with Gasteiger partial charge in [0.15, 0.2) is 0 Å². The van der Waals surface area contributed by atoms with E-state index in [1.54, 1.807) is 6.92 Å². The molecule has 0 amide bonds. The minimum absolute atomic E-state index is 0.499. The Morgan fingerprint density at radius 3 is 2.44 bits per heavy atom. The van der Waals surface area contributed by atoms with Gasteiger partial charge in [0.2, 0.25) is 5.78 Å². The zero-order chi connectivity index (χ0) is 7.28. The summed E-state index contributed by atoms with van der Waals surface area (Å²) < 4.78 is 0. The lowest BCUT2D eigenvalue weighted by molar-refractivity contribution is -0.158. The molecule has 4 nitrogen and oxygen atoms in total. The number of rotatable bonds is 3. The second-order valence-electron chi connectivity index (χ2n) is 1.44. The standard InChI is InChI=1S/C5H9NO3/c1-3-6-9-5(8)4(2)7/h6H,3H2,1-2H3. The van der Waals surface area contributed by atoms with E-state index >= 15 is 0 Å². The van der Waals surface area contributed by atoms with E-state index in [0.717, 1.165) is 6.92 Å². The number of carbonyl (C=O) groups is 2. The van der Waals surface area contributed by atoms with Gasteiger partial charge in [-0.1, -0.05) is 0 Å². The Hall–Kier alpha value is -0.900. The molecule has 0 aromatic rings. The molecule has 0 spiro atoms. The fraction of sp³-hybridized carbons (Fsp3) is 0.600. The molecular weight excluding hydrogens is 122 g/mol. The van der Waals surface area contributed by atoms with E-state index in [1.807, 2.05) is 0 Å². The van der Waals surface area contributed by atoms with Gasteiger partial charge >= 0.3 is 5.97 Å². The van der Waals surface area contributed by atoms with Gasteiger partial charge in [-0.3, -0.25) is 4.79 Å². The number of Topliss-reactive ketones (excluding diaryl/α,β-unsaturated/α-hetero) is 1. The maximum atomic E-state index is 10.3. The van der Waals surface area contributed by atoms with Gasteiger partial charge in [-0.05, 0) is 6.92 Å². The van der Waals surface area contributed by atoms with E-state index in [-0.39, 0.29) is 0 Å². The van der Waals surface area contributed by atoms with Crippen LogP contribution in [0.1, 0.15) is 13.8 Å². The van der Waals surface area contributed by atoms with Crippen molar-refractivity contribution in [1.29, 1.82) is 0 Å². The Morgan fingerprint density at radius 1 is 1.56 bits per heavy atom. The molecule has 0 saturated carbocycles. The lowest BCUT2D eigenvalue weighted by Gasteiger charge is -1.97. The first-order chi connectivity index (χ1) is 4.18. The van der Waals surface area contributed by atoms with Gasteiger partial charge in [0.1, 0.15) is 0 Å². The Morgan fingerprint density at radius 2 is 2.11 bits per heavy atom. The zero-order valence-electron chi connectivity index (χ0n) is 5.43. The second-order valence-corrected chi connectivity index (χ2v) is 1.44. The van der Waals surface area contributed by atoms with E-state index in [4.69, 9.17) is 0 Å². The molecule has 4 heteroatoms. The quantitative estimate of drug-likeness (QED) is 0.420. The van der Waals surface area contributed by atoms with Crippen molar-refractivity contribution < 1.29 is 14.4 Å². The third kappa shape index (κ3) is 3.66. The molecule has 0 aromatic heterocycles. The van der Waals surface area contributed by atoms with Crippen LogP contribution < -0.4 is 5.48 Å². The summed E-state index contributed by atoms with van der Waals surface area (Å²) in [5, 5.41) is 0. The van der Waals surface area contributed by atoms with E-state index in [2.05, 4.69) is 10.3 Å². The van der Waals surface area contributed by atoms with Crippen molar-refractivity contribution in [2.45, 2.75) is 13.8 Å². The van der Waals surface area contributed by atoms with Crippen molar-refractivity contribution in [3.05, 3.63) is 0 Å². The molecule has 0 radical (unpaired) electrons. The lowest BCUT2D eigenvalue weighted by atomic mass is 10.5. The summed E-state index contributed by atoms with van der Waals surface area (Å²) in [6.07, 6.45) is 0. The number of hydroxylamine groups is 1. The maximum absolute atomic E-state index is 10.3. The summed E-state index contributed by atoms with van der Waals surface area (Å²) in [5.41, 5.74) is 2.26. The maximum Gasteiger partial charge on any atom is 0.392 e. The van der Waals surface area contributed by atoms with Crippen molar-refractivity contribution in [3.8, 4) is 0 Å². The Bertz CT molecular complexity index is 121. The van der Waals surface area contributed by atoms with Crippen LogP contribution in [0.15, 0.2) is 0 Å². The average Bonchev–Trinajstić information content (AvgIpc) is 1.82. The Balaban J connectivity index is 3.39. The molecule has 0 heterocycles. The summed E-state index contributed by atoms with van der Waals surface area (Å²) in [6.45, 7) is 3.41. The summed E-state index contributed by atoms with van der Waals surface area (Å²) in [6, 6.07) is 0. The molecule has 0 fully saturated rings. The highest BCUT2D eigenvalue weighted by molar-refractivity contribution is 6.32. The first-order valence-electron chi connectivity index (χ1n) is 2.63. The predicted molar refractivity (Wildman–Crippen MR) is 30.4 cm³/mol. The van der Waals surface area contributed by atoms with Gasteiger partial charge in [-0.25, -0.2) is 4.79 Å². The fourth-order valence-electron chi connectivity index (χ4n) is 0.210. The SMILES string of the molecule is CCNOC(=O)C(C)=O. The van der Waals surface area contributed by atoms with Crippen LogP contribution in [-0.4, -0.2) is 18.3 Å². The average molecular weight is 131 g/mol. The molecule has 0 aliphatic rings. The third-order valence-corrected chi connectivity index (χ3v) is 0.597. The van der Waals surface area contributed by atoms with Gasteiger partial charge < -0.3 is 4.84 Å². The van der Waals surface area contributed by atoms with Crippen LogP contribution in [-0.2, 0) is 14.4 Å². The molecule has 0 aliphatic heterocycles. The highest BCUT2D eigenvalue weighted by Crippen LogP contribution is 1.73. The van der Waals surface area contributed by atoms with Gasteiger partial charge in [-0.2, -0.15) is 5.48 Å². The molecule has 9 heavy (non-hydrogen) atoms. The largest absolute Gasteiger partial charge is 0.392 e. The fourth-order valence-corrected chi connectivity index (χ4v) is 0.210. The molecule has 0 aromatic carbocycles.